The van der Waals surface area contributed by atoms with E-state index in [2.05, 4.69) is 19.1 Å². The van der Waals surface area contributed by atoms with Gasteiger partial charge in [-0.25, -0.2) is 0 Å². The van der Waals surface area contributed by atoms with Crippen molar-refractivity contribution in [2.45, 2.75) is 206 Å². The molecule has 0 heterocycles. The average Bonchev–Trinajstić information content (AvgIpc) is 2.94. The van der Waals surface area contributed by atoms with Crippen LogP contribution in [0.4, 0.5) is 0 Å². The first-order valence-corrected chi connectivity index (χ1v) is 17.8. The Kier molecular flexibility index (Phi) is 33.0. The summed E-state index contributed by atoms with van der Waals surface area (Å²) in [5.74, 6) is 0.505. The second kappa shape index (κ2) is 33.5. The van der Waals surface area contributed by atoms with Crippen molar-refractivity contribution in [1.82, 2.24) is 0 Å². The third-order valence-electron chi connectivity index (χ3n) is 8.23. The summed E-state index contributed by atoms with van der Waals surface area (Å²) in [4.78, 5) is 12.1. The van der Waals surface area contributed by atoms with Crippen molar-refractivity contribution in [1.29, 1.82) is 0 Å². The smallest absolute Gasteiger partial charge is 0.132 e. The number of rotatable bonds is 33. The predicted octanol–water partition coefficient (Wildman–Crippen LogP) is 11.2. The fraction of sp³-hybridized carbons (Fsp3) is 0.917. The van der Waals surface area contributed by atoms with Crippen molar-refractivity contribution in [3.63, 3.8) is 0 Å². The molecular formula is C36H71NO2. The first-order valence-electron chi connectivity index (χ1n) is 17.8. The summed E-state index contributed by atoms with van der Waals surface area (Å²) in [6.07, 6.45) is 42.3. The third-order valence-corrected chi connectivity index (χ3v) is 8.23. The van der Waals surface area contributed by atoms with Gasteiger partial charge in [-0.15, -0.1) is 0 Å². The minimum Gasteiger partial charge on any atom is -0.392 e. The standard InChI is InChI=1S/C36H71NO2/c1-2-3-4-5-6-7-8-13-16-19-22-25-28-31-35(38)32-29-26-23-20-17-14-11-9-10-12-15-18-21-24-27-30-33-36(39)34-37/h9-10,36,39H,2-8,11-34,37H2,1H3/b10-9-. The highest BCUT2D eigenvalue weighted by atomic mass is 16.3. The van der Waals surface area contributed by atoms with Crippen LogP contribution in [0.25, 0.3) is 0 Å². The van der Waals surface area contributed by atoms with Crippen LogP contribution in [0.5, 0.6) is 0 Å². The Balaban J connectivity index is 3.21. The number of carbonyl (C=O) groups excluding carboxylic acids is 1. The maximum Gasteiger partial charge on any atom is 0.132 e. The first-order chi connectivity index (χ1) is 19.2. The molecule has 0 aromatic heterocycles. The number of ketones is 1. The molecule has 0 radical (unpaired) electrons. The topological polar surface area (TPSA) is 63.3 Å². The molecule has 0 aliphatic rings. The van der Waals surface area contributed by atoms with Crippen molar-refractivity contribution in [2.24, 2.45) is 5.73 Å². The SMILES string of the molecule is CCCCCCCCCCCCCCCC(=O)CCCCCCCC/C=C\CCCCCCCCC(O)CN. The molecule has 3 nitrogen and oxygen atoms in total. The summed E-state index contributed by atoms with van der Waals surface area (Å²) in [7, 11) is 0. The fourth-order valence-corrected chi connectivity index (χ4v) is 5.46. The van der Waals surface area contributed by atoms with Gasteiger partial charge in [0, 0.05) is 19.4 Å². The number of carbonyl (C=O) groups is 1. The minimum atomic E-state index is -0.297. The summed E-state index contributed by atoms with van der Waals surface area (Å²) in [6.45, 7) is 2.68. The molecule has 0 saturated heterocycles. The van der Waals surface area contributed by atoms with E-state index in [1.807, 2.05) is 0 Å². The summed E-state index contributed by atoms with van der Waals surface area (Å²) >= 11 is 0. The number of aliphatic hydroxyl groups excluding tert-OH is 1. The van der Waals surface area contributed by atoms with Gasteiger partial charge in [-0.05, 0) is 44.9 Å². The van der Waals surface area contributed by atoms with Gasteiger partial charge in [0.2, 0.25) is 0 Å². The zero-order valence-corrected chi connectivity index (χ0v) is 26.6. The largest absolute Gasteiger partial charge is 0.392 e. The molecular weight excluding hydrogens is 478 g/mol. The molecule has 232 valence electrons. The van der Waals surface area contributed by atoms with Gasteiger partial charge in [0.15, 0.2) is 0 Å². The number of allylic oxidation sites excluding steroid dienone is 2. The van der Waals surface area contributed by atoms with Crippen molar-refractivity contribution < 1.29 is 9.90 Å². The van der Waals surface area contributed by atoms with Crippen LogP contribution in [0.1, 0.15) is 200 Å². The molecule has 0 aliphatic carbocycles. The van der Waals surface area contributed by atoms with Crippen LogP contribution in [0.3, 0.4) is 0 Å². The molecule has 1 unspecified atom stereocenters. The van der Waals surface area contributed by atoms with Crippen molar-refractivity contribution >= 4 is 5.78 Å². The molecule has 39 heavy (non-hydrogen) atoms. The van der Waals surface area contributed by atoms with E-state index in [1.54, 1.807) is 0 Å². The van der Waals surface area contributed by atoms with Gasteiger partial charge in [-0.3, -0.25) is 4.79 Å². The summed E-state index contributed by atoms with van der Waals surface area (Å²) in [5, 5.41) is 9.44. The fourth-order valence-electron chi connectivity index (χ4n) is 5.46. The van der Waals surface area contributed by atoms with Crippen molar-refractivity contribution in [3.8, 4) is 0 Å². The molecule has 0 rings (SSSR count). The van der Waals surface area contributed by atoms with E-state index in [9.17, 15) is 9.90 Å². The van der Waals surface area contributed by atoms with E-state index >= 15 is 0 Å². The molecule has 0 bridgehead atoms. The molecule has 0 aromatic rings. The highest BCUT2D eigenvalue weighted by molar-refractivity contribution is 5.78. The Hall–Kier alpha value is -0.670. The summed E-state index contributed by atoms with van der Waals surface area (Å²) in [5.41, 5.74) is 5.43. The summed E-state index contributed by atoms with van der Waals surface area (Å²) in [6, 6.07) is 0. The van der Waals surface area contributed by atoms with E-state index < -0.39 is 0 Å². The lowest BCUT2D eigenvalue weighted by atomic mass is 10.0. The van der Waals surface area contributed by atoms with Crippen LogP contribution in [0, 0.1) is 0 Å². The van der Waals surface area contributed by atoms with E-state index in [4.69, 9.17) is 5.73 Å². The lowest BCUT2D eigenvalue weighted by Gasteiger charge is -2.06. The third kappa shape index (κ3) is 33.4. The molecule has 3 heteroatoms. The maximum absolute atomic E-state index is 12.1. The predicted molar refractivity (Wildman–Crippen MR) is 173 cm³/mol. The van der Waals surface area contributed by atoms with Crippen LogP contribution in [0.15, 0.2) is 12.2 Å². The lowest BCUT2D eigenvalue weighted by Crippen LogP contribution is -2.19. The van der Waals surface area contributed by atoms with E-state index in [0.717, 1.165) is 38.5 Å². The van der Waals surface area contributed by atoms with Gasteiger partial charge in [-0.1, -0.05) is 154 Å². The Morgan fingerprint density at radius 3 is 1.26 bits per heavy atom. The molecule has 0 amide bonds. The zero-order chi connectivity index (χ0) is 28.5. The van der Waals surface area contributed by atoms with Crippen LogP contribution in [-0.2, 0) is 4.79 Å². The molecule has 3 N–H and O–H groups in total. The van der Waals surface area contributed by atoms with Gasteiger partial charge in [0.1, 0.15) is 5.78 Å². The Labute approximate surface area is 245 Å². The highest BCUT2D eigenvalue weighted by Gasteiger charge is 2.02. The quantitative estimate of drug-likeness (QED) is 0.0632. The van der Waals surface area contributed by atoms with Crippen LogP contribution >= 0.6 is 0 Å². The normalized spacial score (nSPS) is 12.5. The van der Waals surface area contributed by atoms with Crippen molar-refractivity contribution in [3.05, 3.63) is 12.2 Å². The molecule has 1 atom stereocenters. The lowest BCUT2D eigenvalue weighted by molar-refractivity contribution is -0.119. The van der Waals surface area contributed by atoms with E-state index in [0.29, 0.717) is 12.3 Å². The molecule has 0 spiro atoms. The maximum atomic E-state index is 12.1. The number of Topliss-reactive ketones (excluding diaryl/α,β-unsaturated/α-hetero) is 1. The van der Waals surface area contributed by atoms with Gasteiger partial charge in [0.25, 0.3) is 0 Å². The number of hydrogen-bond donors (Lipinski definition) is 2. The minimum absolute atomic E-state index is 0.297. The van der Waals surface area contributed by atoms with Crippen LogP contribution in [-0.4, -0.2) is 23.5 Å². The second-order valence-electron chi connectivity index (χ2n) is 12.3. The Bertz CT molecular complexity index is 504. The van der Waals surface area contributed by atoms with E-state index in [-0.39, 0.29) is 6.10 Å². The van der Waals surface area contributed by atoms with Gasteiger partial charge < -0.3 is 10.8 Å². The number of nitrogens with two attached hydrogens (primary N) is 1. The van der Waals surface area contributed by atoms with E-state index in [1.165, 1.54) is 154 Å². The summed E-state index contributed by atoms with van der Waals surface area (Å²) < 4.78 is 0. The molecule has 0 aliphatic heterocycles. The van der Waals surface area contributed by atoms with Crippen LogP contribution < -0.4 is 5.73 Å². The second-order valence-corrected chi connectivity index (χ2v) is 12.3. The van der Waals surface area contributed by atoms with Gasteiger partial charge in [-0.2, -0.15) is 0 Å². The Morgan fingerprint density at radius 2 is 0.872 bits per heavy atom. The molecule has 0 fully saturated rings. The van der Waals surface area contributed by atoms with Crippen molar-refractivity contribution in [2.75, 3.05) is 6.54 Å². The van der Waals surface area contributed by atoms with Gasteiger partial charge in [0.05, 0.1) is 6.10 Å². The number of aliphatic hydroxyl groups is 1. The number of hydrogen-bond acceptors (Lipinski definition) is 3. The first kappa shape index (κ1) is 38.3. The monoisotopic (exact) mass is 550 g/mol. The van der Waals surface area contributed by atoms with Gasteiger partial charge >= 0.3 is 0 Å². The average molecular weight is 550 g/mol. The molecule has 0 aromatic carbocycles. The zero-order valence-electron chi connectivity index (χ0n) is 26.6. The van der Waals surface area contributed by atoms with Crippen LogP contribution in [0.2, 0.25) is 0 Å². The highest BCUT2D eigenvalue weighted by Crippen LogP contribution is 2.15. The number of unbranched alkanes of at least 4 members (excludes halogenated alkanes) is 24. The Morgan fingerprint density at radius 1 is 0.538 bits per heavy atom. The molecule has 0 saturated carbocycles.